The van der Waals surface area contributed by atoms with Crippen LogP contribution in [0.15, 0.2) is 0 Å². The van der Waals surface area contributed by atoms with Gasteiger partial charge in [-0.05, 0) is 45.6 Å². The predicted molar refractivity (Wildman–Crippen MR) is 65.1 cm³/mol. The minimum Gasteiger partial charge on any atom is -0.313 e. The standard InChI is InChI=1S/C13H26N2/c1-3-12-6-4-5-9-15(12)13-8-7-11(2)14-10-13/h11-14H,3-10H2,1-2H3. The quantitative estimate of drug-likeness (QED) is 0.753. The van der Waals surface area contributed by atoms with E-state index < -0.39 is 0 Å². The normalized spacial score (nSPS) is 39.2. The highest BCUT2D eigenvalue weighted by Crippen LogP contribution is 2.25. The Bertz CT molecular complexity index is 185. The lowest BCUT2D eigenvalue weighted by Gasteiger charge is -2.43. The number of hydrogen-bond donors (Lipinski definition) is 1. The van der Waals surface area contributed by atoms with Crippen molar-refractivity contribution in [3.8, 4) is 0 Å². The summed E-state index contributed by atoms with van der Waals surface area (Å²) in [5, 5.41) is 3.63. The average Bonchev–Trinajstić information content (AvgIpc) is 2.30. The molecule has 0 aromatic carbocycles. The van der Waals surface area contributed by atoms with Gasteiger partial charge in [0.15, 0.2) is 0 Å². The van der Waals surface area contributed by atoms with E-state index in [1.54, 1.807) is 0 Å². The van der Waals surface area contributed by atoms with Gasteiger partial charge in [0, 0.05) is 24.7 Å². The van der Waals surface area contributed by atoms with Gasteiger partial charge in [-0.1, -0.05) is 13.3 Å². The zero-order valence-electron chi connectivity index (χ0n) is 10.3. The molecule has 2 nitrogen and oxygen atoms in total. The Kier molecular flexibility index (Phi) is 4.04. The van der Waals surface area contributed by atoms with Gasteiger partial charge < -0.3 is 5.32 Å². The summed E-state index contributed by atoms with van der Waals surface area (Å²) in [6.45, 7) is 7.22. The summed E-state index contributed by atoms with van der Waals surface area (Å²) in [7, 11) is 0. The van der Waals surface area contributed by atoms with E-state index in [1.165, 1.54) is 51.6 Å². The molecule has 1 N–H and O–H groups in total. The molecule has 0 spiro atoms. The molecule has 0 radical (unpaired) electrons. The fourth-order valence-corrected chi connectivity index (χ4v) is 3.21. The van der Waals surface area contributed by atoms with E-state index in [-0.39, 0.29) is 0 Å². The molecule has 2 saturated heterocycles. The molecule has 0 aromatic heterocycles. The van der Waals surface area contributed by atoms with E-state index in [4.69, 9.17) is 0 Å². The largest absolute Gasteiger partial charge is 0.313 e. The molecule has 2 aliphatic heterocycles. The molecule has 2 heteroatoms. The van der Waals surface area contributed by atoms with Crippen molar-refractivity contribution in [2.75, 3.05) is 13.1 Å². The summed E-state index contributed by atoms with van der Waals surface area (Å²) >= 11 is 0. The maximum atomic E-state index is 3.63. The molecule has 0 amide bonds. The van der Waals surface area contributed by atoms with Gasteiger partial charge in [0.05, 0.1) is 0 Å². The molecule has 0 aliphatic carbocycles. The SMILES string of the molecule is CCC1CCCCN1C1CCC(C)NC1. The summed E-state index contributed by atoms with van der Waals surface area (Å²) in [4.78, 5) is 2.79. The third kappa shape index (κ3) is 2.73. The van der Waals surface area contributed by atoms with Crippen LogP contribution < -0.4 is 5.32 Å². The Morgan fingerprint density at radius 3 is 2.73 bits per heavy atom. The Balaban J connectivity index is 1.90. The van der Waals surface area contributed by atoms with Crippen molar-refractivity contribution in [3.05, 3.63) is 0 Å². The van der Waals surface area contributed by atoms with Crippen molar-refractivity contribution in [1.82, 2.24) is 10.2 Å². The number of piperidine rings is 2. The number of nitrogens with one attached hydrogen (secondary N) is 1. The average molecular weight is 210 g/mol. The second-order valence-corrected chi connectivity index (χ2v) is 5.34. The maximum absolute atomic E-state index is 3.63. The molecule has 3 atom stereocenters. The van der Waals surface area contributed by atoms with Crippen molar-refractivity contribution in [3.63, 3.8) is 0 Å². The Morgan fingerprint density at radius 2 is 2.07 bits per heavy atom. The van der Waals surface area contributed by atoms with Crippen LogP contribution in [0.2, 0.25) is 0 Å². The molecule has 3 unspecified atom stereocenters. The van der Waals surface area contributed by atoms with Gasteiger partial charge in [-0.2, -0.15) is 0 Å². The molecule has 0 saturated carbocycles. The predicted octanol–water partition coefficient (Wildman–Crippen LogP) is 2.39. The van der Waals surface area contributed by atoms with Gasteiger partial charge in [-0.15, -0.1) is 0 Å². The first-order valence-electron chi connectivity index (χ1n) is 6.80. The third-order valence-corrected chi connectivity index (χ3v) is 4.25. The van der Waals surface area contributed by atoms with Crippen LogP contribution in [0.25, 0.3) is 0 Å². The van der Waals surface area contributed by atoms with Gasteiger partial charge in [0.25, 0.3) is 0 Å². The zero-order valence-corrected chi connectivity index (χ0v) is 10.3. The van der Waals surface area contributed by atoms with Crippen molar-refractivity contribution >= 4 is 0 Å². The highest BCUT2D eigenvalue weighted by Gasteiger charge is 2.29. The van der Waals surface area contributed by atoms with Crippen molar-refractivity contribution in [2.24, 2.45) is 0 Å². The molecule has 88 valence electrons. The van der Waals surface area contributed by atoms with Gasteiger partial charge in [-0.25, -0.2) is 0 Å². The van der Waals surface area contributed by atoms with Crippen LogP contribution in [0.4, 0.5) is 0 Å². The Hall–Kier alpha value is -0.0800. The zero-order chi connectivity index (χ0) is 10.7. The first-order chi connectivity index (χ1) is 7.31. The first kappa shape index (κ1) is 11.4. The third-order valence-electron chi connectivity index (χ3n) is 4.25. The summed E-state index contributed by atoms with van der Waals surface area (Å²) in [5.74, 6) is 0. The highest BCUT2D eigenvalue weighted by atomic mass is 15.2. The Labute approximate surface area is 94.4 Å². The van der Waals surface area contributed by atoms with E-state index >= 15 is 0 Å². The van der Waals surface area contributed by atoms with Gasteiger partial charge >= 0.3 is 0 Å². The molecular formula is C13H26N2. The molecule has 2 heterocycles. The second kappa shape index (κ2) is 5.31. The smallest absolute Gasteiger partial charge is 0.0224 e. The van der Waals surface area contributed by atoms with Crippen molar-refractivity contribution < 1.29 is 0 Å². The number of nitrogens with zero attached hydrogens (tertiary/aromatic N) is 1. The maximum Gasteiger partial charge on any atom is 0.0224 e. The van der Waals surface area contributed by atoms with Crippen LogP contribution in [-0.4, -0.2) is 36.1 Å². The van der Waals surface area contributed by atoms with Crippen molar-refractivity contribution in [1.29, 1.82) is 0 Å². The monoisotopic (exact) mass is 210 g/mol. The van der Waals surface area contributed by atoms with E-state index in [9.17, 15) is 0 Å². The fraction of sp³-hybridized carbons (Fsp3) is 1.00. The van der Waals surface area contributed by atoms with Crippen molar-refractivity contribution in [2.45, 2.75) is 70.5 Å². The second-order valence-electron chi connectivity index (χ2n) is 5.34. The molecular weight excluding hydrogens is 184 g/mol. The summed E-state index contributed by atoms with van der Waals surface area (Å²) in [5.41, 5.74) is 0. The minimum atomic E-state index is 0.742. The van der Waals surface area contributed by atoms with Gasteiger partial charge in [0.1, 0.15) is 0 Å². The highest BCUT2D eigenvalue weighted by molar-refractivity contribution is 4.87. The van der Waals surface area contributed by atoms with E-state index in [0.29, 0.717) is 0 Å². The lowest BCUT2D eigenvalue weighted by molar-refractivity contribution is 0.0715. The number of hydrogen-bond acceptors (Lipinski definition) is 2. The lowest BCUT2D eigenvalue weighted by Crippen LogP contribution is -2.53. The Morgan fingerprint density at radius 1 is 1.20 bits per heavy atom. The lowest BCUT2D eigenvalue weighted by atomic mass is 9.93. The van der Waals surface area contributed by atoms with E-state index in [2.05, 4.69) is 24.1 Å². The fourth-order valence-electron chi connectivity index (χ4n) is 3.21. The summed E-state index contributed by atoms with van der Waals surface area (Å²) < 4.78 is 0. The minimum absolute atomic E-state index is 0.742. The van der Waals surface area contributed by atoms with Crippen LogP contribution in [0.5, 0.6) is 0 Å². The first-order valence-corrected chi connectivity index (χ1v) is 6.80. The number of likely N-dealkylation sites (tertiary alicyclic amines) is 1. The van der Waals surface area contributed by atoms with Crippen LogP contribution in [0, 0.1) is 0 Å². The molecule has 15 heavy (non-hydrogen) atoms. The van der Waals surface area contributed by atoms with Crippen LogP contribution in [-0.2, 0) is 0 Å². The van der Waals surface area contributed by atoms with Gasteiger partial charge in [0.2, 0.25) is 0 Å². The van der Waals surface area contributed by atoms with Gasteiger partial charge in [-0.3, -0.25) is 4.90 Å². The molecule has 0 bridgehead atoms. The van der Waals surface area contributed by atoms with E-state index in [1.807, 2.05) is 0 Å². The molecule has 2 aliphatic rings. The summed E-state index contributed by atoms with van der Waals surface area (Å²) in [6.07, 6.45) is 8.41. The van der Waals surface area contributed by atoms with Crippen LogP contribution in [0.3, 0.4) is 0 Å². The number of rotatable bonds is 2. The summed E-state index contributed by atoms with van der Waals surface area (Å²) in [6, 6.07) is 2.44. The van der Waals surface area contributed by atoms with Crippen LogP contribution in [0.1, 0.15) is 52.4 Å². The van der Waals surface area contributed by atoms with E-state index in [0.717, 1.165) is 18.1 Å². The topological polar surface area (TPSA) is 15.3 Å². The molecule has 2 fully saturated rings. The molecule has 2 rings (SSSR count). The molecule has 0 aromatic rings. The van der Waals surface area contributed by atoms with Crippen LogP contribution >= 0.6 is 0 Å².